The maximum absolute atomic E-state index is 12.9. The van der Waals surface area contributed by atoms with Gasteiger partial charge in [-0.1, -0.05) is 18.5 Å². The van der Waals surface area contributed by atoms with Gasteiger partial charge in [-0.3, -0.25) is 4.79 Å². The van der Waals surface area contributed by atoms with E-state index in [-0.39, 0.29) is 29.3 Å². The molecule has 0 aliphatic heterocycles. The maximum atomic E-state index is 12.9. The van der Waals surface area contributed by atoms with Crippen molar-refractivity contribution in [1.82, 2.24) is 5.32 Å². The predicted molar refractivity (Wildman–Crippen MR) is 64.8 cm³/mol. The van der Waals surface area contributed by atoms with Crippen LogP contribution in [0.4, 0.5) is 4.39 Å². The standard InChI is InChI=1S/C12H15ClFNO2/c1-3-8(2)15-12(16)7-17-11-6-9(14)4-5-10(11)13/h4-6,8H,3,7H2,1-2H3,(H,15,16). The molecular weight excluding hydrogens is 245 g/mol. The van der Waals surface area contributed by atoms with Crippen LogP contribution in [0, 0.1) is 5.82 Å². The Balaban J connectivity index is 2.50. The molecule has 0 saturated carbocycles. The fraction of sp³-hybridized carbons (Fsp3) is 0.417. The maximum Gasteiger partial charge on any atom is 0.258 e. The number of hydrogen-bond donors (Lipinski definition) is 1. The van der Waals surface area contributed by atoms with Crippen molar-refractivity contribution in [2.45, 2.75) is 26.3 Å². The lowest BCUT2D eigenvalue weighted by atomic mass is 10.2. The van der Waals surface area contributed by atoms with Crippen LogP contribution in [-0.4, -0.2) is 18.6 Å². The van der Waals surface area contributed by atoms with Gasteiger partial charge in [-0.15, -0.1) is 0 Å². The zero-order valence-electron chi connectivity index (χ0n) is 9.80. The molecule has 0 spiro atoms. The van der Waals surface area contributed by atoms with Gasteiger partial charge in [0, 0.05) is 12.1 Å². The van der Waals surface area contributed by atoms with Crippen LogP contribution in [0.5, 0.6) is 5.75 Å². The Morgan fingerprint density at radius 2 is 2.29 bits per heavy atom. The second kappa shape index (κ2) is 6.45. The molecular formula is C12H15ClFNO2. The van der Waals surface area contributed by atoms with Crippen LogP contribution in [0.3, 0.4) is 0 Å². The van der Waals surface area contributed by atoms with E-state index < -0.39 is 5.82 Å². The summed E-state index contributed by atoms with van der Waals surface area (Å²) < 4.78 is 18.0. The fourth-order valence-corrected chi connectivity index (χ4v) is 1.32. The molecule has 1 rings (SSSR count). The molecule has 3 nitrogen and oxygen atoms in total. The summed E-state index contributed by atoms with van der Waals surface area (Å²) in [5.41, 5.74) is 0. The summed E-state index contributed by atoms with van der Waals surface area (Å²) in [5.74, 6) is -0.530. The van der Waals surface area contributed by atoms with E-state index >= 15 is 0 Å². The SMILES string of the molecule is CCC(C)NC(=O)COc1cc(F)ccc1Cl. The van der Waals surface area contributed by atoms with E-state index in [0.717, 1.165) is 12.5 Å². The van der Waals surface area contributed by atoms with Crippen LogP contribution in [0.15, 0.2) is 18.2 Å². The molecule has 0 fully saturated rings. The molecule has 1 unspecified atom stereocenters. The minimum Gasteiger partial charge on any atom is -0.482 e. The van der Waals surface area contributed by atoms with E-state index in [9.17, 15) is 9.18 Å². The molecule has 0 saturated heterocycles. The van der Waals surface area contributed by atoms with E-state index in [4.69, 9.17) is 16.3 Å². The summed E-state index contributed by atoms with van der Waals surface area (Å²) in [6, 6.07) is 3.86. The Labute approximate surface area is 105 Å². The molecule has 0 heterocycles. The predicted octanol–water partition coefficient (Wildman–Crippen LogP) is 2.77. The van der Waals surface area contributed by atoms with Crippen molar-refractivity contribution in [1.29, 1.82) is 0 Å². The third kappa shape index (κ3) is 4.61. The van der Waals surface area contributed by atoms with Crippen molar-refractivity contribution in [3.63, 3.8) is 0 Å². The lowest BCUT2D eigenvalue weighted by molar-refractivity contribution is -0.123. The van der Waals surface area contributed by atoms with Gasteiger partial charge in [-0.25, -0.2) is 4.39 Å². The van der Waals surface area contributed by atoms with E-state index in [1.165, 1.54) is 12.1 Å². The Morgan fingerprint density at radius 1 is 1.59 bits per heavy atom. The van der Waals surface area contributed by atoms with Gasteiger partial charge < -0.3 is 10.1 Å². The minimum absolute atomic E-state index is 0.0917. The molecule has 0 aromatic heterocycles. The molecule has 0 radical (unpaired) electrons. The van der Waals surface area contributed by atoms with Crippen LogP contribution >= 0.6 is 11.6 Å². The van der Waals surface area contributed by atoms with Crippen molar-refractivity contribution in [2.75, 3.05) is 6.61 Å². The zero-order chi connectivity index (χ0) is 12.8. The van der Waals surface area contributed by atoms with Gasteiger partial charge in [0.15, 0.2) is 6.61 Å². The van der Waals surface area contributed by atoms with Gasteiger partial charge in [-0.2, -0.15) is 0 Å². The smallest absolute Gasteiger partial charge is 0.258 e. The number of carbonyl (C=O) groups excluding carboxylic acids is 1. The number of halogens is 2. The number of carbonyl (C=O) groups is 1. The number of nitrogens with one attached hydrogen (secondary N) is 1. The van der Waals surface area contributed by atoms with E-state index in [1.807, 2.05) is 13.8 Å². The van der Waals surface area contributed by atoms with Gasteiger partial charge in [0.2, 0.25) is 0 Å². The van der Waals surface area contributed by atoms with E-state index in [1.54, 1.807) is 0 Å². The molecule has 5 heteroatoms. The highest BCUT2D eigenvalue weighted by molar-refractivity contribution is 6.32. The van der Waals surface area contributed by atoms with Crippen molar-refractivity contribution in [3.05, 3.63) is 29.0 Å². The van der Waals surface area contributed by atoms with Crippen molar-refractivity contribution < 1.29 is 13.9 Å². The monoisotopic (exact) mass is 259 g/mol. The first-order valence-electron chi connectivity index (χ1n) is 5.40. The largest absolute Gasteiger partial charge is 0.482 e. The zero-order valence-corrected chi connectivity index (χ0v) is 10.6. The number of hydrogen-bond acceptors (Lipinski definition) is 2. The Kier molecular flexibility index (Phi) is 5.22. The third-order valence-electron chi connectivity index (χ3n) is 2.27. The molecule has 1 amide bonds. The van der Waals surface area contributed by atoms with Crippen LogP contribution < -0.4 is 10.1 Å². The Bertz CT molecular complexity index is 398. The van der Waals surface area contributed by atoms with Crippen molar-refractivity contribution in [2.24, 2.45) is 0 Å². The summed E-state index contributed by atoms with van der Waals surface area (Å²) >= 11 is 5.79. The highest BCUT2D eigenvalue weighted by Gasteiger charge is 2.08. The molecule has 0 aliphatic rings. The summed E-state index contributed by atoms with van der Waals surface area (Å²) in [6.45, 7) is 3.69. The van der Waals surface area contributed by atoms with Gasteiger partial charge in [0.25, 0.3) is 5.91 Å². The van der Waals surface area contributed by atoms with Crippen LogP contribution in [0.2, 0.25) is 5.02 Å². The summed E-state index contributed by atoms with van der Waals surface area (Å²) in [5, 5.41) is 3.01. The first-order valence-corrected chi connectivity index (χ1v) is 5.78. The van der Waals surface area contributed by atoms with Crippen LogP contribution in [0.1, 0.15) is 20.3 Å². The number of ether oxygens (including phenoxy) is 1. The summed E-state index contributed by atoms with van der Waals surface area (Å²) in [7, 11) is 0. The van der Waals surface area contributed by atoms with Gasteiger partial charge >= 0.3 is 0 Å². The van der Waals surface area contributed by atoms with Crippen molar-refractivity contribution in [3.8, 4) is 5.75 Å². The van der Waals surface area contributed by atoms with Crippen LogP contribution in [0.25, 0.3) is 0 Å². The highest BCUT2D eigenvalue weighted by Crippen LogP contribution is 2.24. The number of amides is 1. The minimum atomic E-state index is -0.452. The average molecular weight is 260 g/mol. The first kappa shape index (κ1) is 13.8. The lowest BCUT2D eigenvalue weighted by Gasteiger charge is -2.12. The second-order valence-electron chi connectivity index (χ2n) is 3.74. The fourth-order valence-electron chi connectivity index (χ4n) is 1.15. The highest BCUT2D eigenvalue weighted by atomic mass is 35.5. The number of benzene rings is 1. The summed E-state index contributed by atoms with van der Waals surface area (Å²) in [6.07, 6.45) is 0.840. The molecule has 1 N–H and O–H groups in total. The van der Waals surface area contributed by atoms with Crippen molar-refractivity contribution >= 4 is 17.5 Å². The topological polar surface area (TPSA) is 38.3 Å². The molecule has 1 aromatic carbocycles. The van der Waals surface area contributed by atoms with Gasteiger partial charge in [-0.05, 0) is 25.5 Å². The van der Waals surface area contributed by atoms with E-state index in [2.05, 4.69) is 5.32 Å². The molecule has 0 aliphatic carbocycles. The molecule has 0 bridgehead atoms. The number of rotatable bonds is 5. The van der Waals surface area contributed by atoms with Gasteiger partial charge in [0.1, 0.15) is 11.6 Å². The quantitative estimate of drug-likeness (QED) is 0.883. The molecule has 1 atom stereocenters. The summed E-state index contributed by atoms with van der Waals surface area (Å²) in [4.78, 5) is 11.4. The first-order chi connectivity index (χ1) is 8.02. The van der Waals surface area contributed by atoms with Crippen LogP contribution in [-0.2, 0) is 4.79 Å². The normalized spacial score (nSPS) is 12.0. The Morgan fingerprint density at radius 3 is 2.94 bits per heavy atom. The van der Waals surface area contributed by atoms with Gasteiger partial charge in [0.05, 0.1) is 5.02 Å². The second-order valence-corrected chi connectivity index (χ2v) is 4.15. The average Bonchev–Trinajstić information content (AvgIpc) is 2.30. The molecule has 94 valence electrons. The van der Waals surface area contributed by atoms with E-state index in [0.29, 0.717) is 0 Å². The third-order valence-corrected chi connectivity index (χ3v) is 2.58. The molecule has 1 aromatic rings. The Hall–Kier alpha value is -1.29. The molecule has 17 heavy (non-hydrogen) atoms. The lowest BCUT2D eigenvalue weighted by Crippen LogP contribution is -2.35.